The summed E-state index contributed by atoms with van der Waals surface area (Å²) in [4.78, 5) is 10.4. The van der Waals surface area contributed by atoms with Crippen LogP contribution in [0, 0.1) is 0 Å². The molecule has 0 atom stereocenters. The van der Waals surface area contributed by atoms with Crippen molar-refractivity contribution in [1.82, 2.24) is 0 Å². The first kappa shape index (κ1) is 22.5. The highest BCUT2D eigenvalue weighted by Gasteiger charge is 2.42. The summed E-state index contributed by atoms with van der Waals surface area (Å²) in [6.45, 7) is 9.40. The number of carbonyl (C=O) groups is 1. The van der Waals surface area contributed by atoms with Crippen LogP contribution in [0.15, 0.2) is 17.0 Å². The van der Waals surface area contributed by atoms with Gasteiger partial charge in [-0.05, 0) is 34.4 Å². The summed E-state index contributed by atoms with van der Waals surface area (Å²) in [5.74, 6) is -6.96. The van der Waals surface area contributed by atoms with Crippen LogP contribution in [0.25, 0.3) is 0 Å². The van der Waals surface area contributed by atoms with Crippen LogP contribution in [-0.2, 0) is 19.1 Å². The molecule has 0 aromatic heterocycles. The Morgan fingerprint density at radius 1 is 1.04 bits per heavy atom. The van der Waals surface area contributed by atoms with E-state index >= 15 is 0 Å². The van der Waals surface area contributed by atoms with Gasteiger partial charge in [-0.25, -0.2) is 4.79 Å². The number of hydrogen-bond acceptors (Lipinski definition) is 4. The summed E-state index contributed by atoms with van der Waals surface area (Å²) in [7, 11) is -4.56. The Labute approximate surface area is 153 Å². The summed E-state index contributed by atoms with van der Waals surface area (Å²) in [6, 6.07) is 3.49. The average molecular weight is 392 g/mol. The van der Waals surface area contributed by atoms with Gasteiger partial charge in [0.1, 0.15) is 11.5 Å². The smallest absolute Gasteiger partial charge is 0.377 e. The van der Waals surface area contributed by atoms with Crippen molar-refractivity contribution in [2.45, 2.75) is 70.1 Å². The Hall–Kier alpha value is -1.54. The molecule has 0 radical (unpaired) electrons. The molecule has 0 spiro atoms. The predicted octanol–water partition coefficient (Wildman–Crippen LogP) is 4.48. The van der Waals surface area contributed by atoms with Crippen LogP contribution < -0.4 is 0 Å². The van der Waals surface area contributed by atoms with Gasteiger partial charge in [-0.15, -0.1) is 0 Å². The summed E-state index contributed by atoms with van der Waals surface area (Å²) in [5, 5.41) is 8.47. The van der Waals surface area contributed by atoms with Gasteiger partial charge < -0.3 is 5.11 Å². The number of carboxylic acids is 1. The van der Waals surface area contributed by atoms with Crippen molar-refractivity contribution in [3.05, 3.63) is 28.8 Å². The molecular weight excluding hydrogens is 366 g/mol. The van der Waals surface area contributed by atoms with Gasteiger partial charge in [-0.2, -0.15) is 17.2 Å². The lowest BCUT2D eigenvalue weighted by atomic mass is 9.89. The van der Waals surface area contributed by atoms with E-state index < -0.39 is 28.6 Å². The molecule has 1 aromatic rings. The van der Waals surface area contributed by atoms with Crippen molar-refractivity contribution in [1.29, 1.82) is 0 Å². The normalized spacial score (nSPS) is 13.0. The topological polar surface area (TPSA) is 80.7 Å². The van der Waals surface area contributed by atoms with Gasteiger partial charge in [-0.3, -0.25) is 4.18 Å². The summed E-state index contributed by atoms with van der Waals surface area (Å²) < 4.78 is 56.4. The van der Waals surface area contributed by atoms with E-state index in [0.29, 0.717) is 11.1 Å². The van der Waals surface area contributed by atoms with Gasteiger partial charge in [0.05, 0.1) is 0 Å². The van der Waals surface area contributed by atoms with Crippen LogP contribution in [0.4, 0.5) is 8.78 Å². The summed E-state index contributed by atoms with van der Waals surface area (Å²) >= 11 is 0. The minimum absolute atomic E-state index is 0.145. The van der Waals surface area contributed by atoms with Gasteiger partial charge in [0.25, 0.3) is 10.1 Å². The molecule has 26 heavy (non-hydrogen) atoms. The van der Waals surface area contributed by atoms with E-state index in [1.807, 2.05) is 13.8 Å². The molecule has 0 aliphatic carbocycles. The molecule has 8 heteroatoms. The molecule has 0 heterocycles. The standard InChI is InChI=1S/C18H26F2O5S/c1-10(2)13-7-14(11(3)4)16(15(8-13)12(5)6)26(23,24)25-9-18(19,20)17(21)22/h7-8,10-12H,9H2,1-6H3,(H,21,22). The number of halogens is 2. The second-order valence-corrected chi connectivity index (χ2v) is 8.77. The minimum atomic E-state index is -4.56. The highest BCUT2D eigenvalue weighted by atomic mass is 32.2. The summed E-state index contributed by atoms with van der Waals surface area (Å²) in [5.41, 5.74) is 1.88. The maximum absolute atomic E-state index is 13.3. The van der Waals surface area contributed by atoms with Gasteiger partial charge in [-0.1, -0.05) is 53.7 Å². The van der Waals surface area contributed by atoms with E-state index in [4.69, 9.17) is 5.11 Å². The second-order valence-electron chi connectivity index (χ2n) is 7.22. The number of hydrogen-bond donors (Lipinski definition) is 1. The van der Waals surface area contributed by atoms with Crippen molar-refractivity contribution < 1.29 is 31.3 Å². The van der Waals surface area contributed by atoms with Crippen LogP contribution in [0.2, 0.25) is 0 Å². The second kappa shape index (κ2) is 8.00. The highest BCUT2D eigenvalue weighted by molar-refractivity contribution is 7.86. The van der Waals surface area contributed by atoms with Gasteiger partial charge in [0.15, 0.2) is 0 Å². The molecule has 0 fully saturated rings. The zero-order chi connectivity index (χ0) is 20.4. The summed E-state index contributed by atoms with van der Waals surface area (Å²) in [6.07, 6.45) is 0. The van der Waals surface area contributed by atoms with E-state index in [2.05, 4.69) is 4.18 Å². The van der Waals surface area contributed by atoms with Crippen molar-refractivity contribution in [2.75, 3.05) is 6.61 Å². The van der Waals surface area contributed by atoms with Crippen molar-refractivity contribution in [3.63, 3.8) is 0 Å². The van der Waals surface area contributed by atoms with Crippen LogP contribution in [0.3, 0.4) is 0 Å². The van der Waals surface area contributed by atoms with E-state index in [1.165, 1.54) is 0 Å². The first-order valence-corrected chi connectivity index (χ1v) is 9.80. The Morgan fingerprint density at radius 3 is 1.77 bits per heavy atom. The van der Waals surface area contributed by atoms with Crippen LogP contribution in [0.1, 0.15) is 76.0 Å². The molecule has 0 aliphatic heterocycles. The monoisotopic (exact) mass is 392 g/mol. The van der Waals surface area contributed by atoms with Crippen molar-refractivity contribution in [3.8, 4) is 0 Å². The molecule has 0 amide bonds. The van der Waals surface area contributed by atoms with Crippen LogP contribution in [0.5, 0.6) is 0 Å². The maximum atomic E-state index is 13.3. The molecule has 0 aliphatic rings. The fourth-order valence-corrected chi connectivity index (χ4v) is 4.04. The quantitative estimate of drug-likeness (QED) is 0.660. The SMILES string of the molecule is CC(C)c1cc(C(C)C)c(S(=O)(=O)OCC(F)(F)C(=O)O)c(C(C)C)c1. The third-order valence-corrected chi connectivity index (χ3v) is 5.44. The Bertz CT molecular complexity index is 739. The molecule has 1 aromatic carbocycles. The number of benzene rings is 1. The molecule has 1 rings (SSSR count). The fourth-order valence-electron chi connectivity index (χ4n) is 2.45. The van der Waals surface area contributed by atoms with E-state index in [1.54, 1.807) is 39.8 Å². The van der Waals surface area contributed by atoms with Crippen LogP contribution in [-0.4, -0.2) is 32.0 Å². The Morgan fingerprint density at radius 2 is 1.46 bits per heavy atom. The fraction of sp³-hybridized carbons (Fsp3) is 0.611. The zero-order valence-electron chi connectivity index (χ0n) is 15.8. The predicted molar refractivity (Wildman–Crippen MR) is 94.4 cm³/mol. The molecule has 148 valence electrons. The number of aliphatic carboxylic acids is 1. The molecule has 1 N–H and O–H groups in total. The highest BCUT2D eigenvalue weighted by Crippen LogP contribution is 2.36. The molecule has 0 saturated carbocycles. The number of carboxylic acid groups (broad SMARTS) is 1. The van der Waals surface area contributed by atoms with E-state index in [9.17, 15) is 22.0 Å². The number of rotatable bonds is 8. The molecule has 0 bridgehead atoms. The van der Waals surface area contributed by atoms with E-state index in [0.717, 1.165) is 5.56 Å². The zero-order valence-corrected chi connectivity index (χ0v) is 16.7. The number of alkyl halides is 2. The first-order chi connectivity index (χ1) is 11.7. The average Bonchev–Trinajstić information content (AvgIpc) is 2.51. The van der Waals surface area contributed by atoms with Gasteiger partial charge in [0.2, 0.25) is 0 Å². The lowest BCUT2D eigenvalue weighted by Crippen LogP contribution is -2.35. The third-order valence-electron chi connectivity index (χ3n) is 4.04. The Kier molecular flexibility index (Phi) is 6.92. The molecule has 0 unspecified atom stereocenters. The van der Waals surface area contributed by atoms with Gasteiger partial charge in [0, 0.05) is 0 Å². The molecular formula is C18H26F2O5S. The minimum Gasteiger partial charge on any atom is -0.477 e. The van der Waals surface area contributed by atoms with Crippen molar-refractivity contribution in [2.24, 2.45) is 0 Å². The first-order valence-electron chi connectivity index (χ1n) is 8.39. The Balaban J connectivity index is 3.55. The molecule has 5 nitrogen and oxygen atoms in total. The molecule has 0 saturated heterocycles. The maximum Gasteiger partial charge on any atom is 0.377 e. The third kappa shape index (κ3) is 5.01. The van der Waals surface area contributed by atoms with Crippen LogP contribution >= 0.6 is 0 Å². The van der Waals surface area contributed by atoms with Gasteiger partial charge >= 0.3 is 11.9 Å². The van der Waals surface area contributed by atoms with Crippen molar-refractivity contribution >= 4 is 16.1 Å². The van der Waals surface area contributed by atoms with E-state index in [-0.39, 0.29) is 22.6 Å². The largest absolute Gasteiger partial charge is 0.477 e. The lowest BCUT2D eigenvalue weighted by molar-refractivity contribution is -0.168. The lowest BCUT2D eigenvalue weighted by Gasteiger charge is -2.22.